The van der Waals surface area contributed by atoms with Gasteiger partial charge in [-0.1, -0.05) is 106 Å². The van der Waals surface area contributed by atoms with Crippen molar-refractivity contribution in [2.75, 3.05) is 0 Å². The monoisotopic (exact) mass is 609 g/mol. The van der Waals surface area contributed by atoms with Crippen molar-refractivity contribution in [1.29, 1.82) is 0 Å². The molecule has 0 spiro atoms. The van der Waals surface area contributed by atoms with Crippen LogP contribution >= 0.6 is 0 Å². The zero-order chi connectivity index (χ0) is 32.1. The smallest absolute Gasteiger partial charge is 0.136 e. The van der Waals surface area contributed by atoms with Gasteiger partial charge in [0.2, 0.25) is 0 Å². The van der Waals surface area contributed by atoms with E-state index in [1.165, 1.54) is 64.2 Å². The van der Waals surface area contributed by atoms with Gasteiger partial charge in [-0.3, -0.25) is 9.59 Å². The van der Waals surface area contributed by atoms with Gasteiger partial charge < -0.3 is 0 Å². The van der Waals surface area contributed by atoms with Crippen LogP contribution in [-0.4, -0.2) is 11.6 Å². The summed E-state index contributed by atoms with van der Waals surface area (Å²) in [5, 5.41) is 0. The second-order valence-corrected chi connectivity index (χ2v) is 18.2. The van der Waals surface area contributed by atoms with Gasteiger partial charge in [0.1, 0.15) is 11.6 Å². The highest BCUT2D eigenvalue weighted by Crippen LogP contribution is 2.60. The molecule has 0 aromatic carbocycles. The van der Waals surface area contributed by atoms with Crippen molar-refractivity contribution in [1.82, 2.24) is 0 Å². The number of Topliss-reactive ketones (excluding diaryl/α,β-unsaturated/α-hetero) is 2. The topological polar surface area (TPSA) is 34.1 Å². The highest BCUT2D eigenvalue weighted by atomic mass is 16.1. The van der Waals surface area contributed by atoms with Crippen molar-refractivity contribution in [2.24, 2.45) is 70.0 Å². The molecule has 0 aliphatic heterocycles. The molecule has 4 saturated carbocycles. The van der Waals surface area contributed by atoms with Crippen molar-refractivity contribution >= 4 is 11.6 Å². The van der Waals surface area contributed by atoms with Gasteiger partial charge in [-0.2, -0.15) is 0 Å². The van der Waals surface area contributed by atoms with Gasteiger partial charge in [-0.05, 0) is 122 Å². The molecule has 252 valence electrons. The zero-order valence-corrected chi connectivity index (χ0v) is 30.5. The van der Waals surface area contributed by atoms with Gasteiger partial charge in [-0.25, -0.2) is 0 Å². The molecule has 0 bridgehead atoms. The molecule has 0 heterocycles. The van der Waals surface area contributed by atoms with E-state index in [9.17, 15) is 9.59 Å². The fraction of sp³-hybridized carbons (Fsp3) is 0.905. The summed E-state index contributed by atoms with van der Waals surface area (Å²) < 4.78 is 0. The molecule has 0 unspecified atom stereocenters. The molecule has 2 nitrogen and oxygen atoms in total. The van der Waals surface area contributed by atoms with Crippen molar-refractivity contribution in [2.45, 2.75) is 171 Å². The maximum atomic E-state index is 13.3. The highest BCUT2D eigenvalue weighted by molar-refractivity contribution is 5.84. The van der Waals surface area contributed by atoms with Crippen LogP contribution in [0.25, 0.3) is 0 Å². The van der Waals surface area contributed by atoms with E-state index in [0.717, 1.165) is 86.9 Å². The van der Waals surface area contributed by atoms with Gasteiger partial charge in [-0.15, -0.1) is 0 Å². The lowest BCUT2D eigenvalue weighted by molar-refractivity contribution is -0.133. The lowest BCUT2D eigenvalue weighted by atomic mass is 9.58. The van der Waals surface area contributed by atoms with E-state index in [1.807, 2.05) is 0 Å². The normalized spacial score (nSPS) is 37.2. The lowest BCUT2D eigenvalue weighted by Gasteiger charge is -2.45. The van der Waals surface area contributed by atoms with Gasteiger partial charge in [0, 0.05) is 24.7 Å². The predicted octanol–water partition coefficient (Wildman–Crippen LogP) is 12.1. The molecule has 4 aliphatic rings. The SMILES string of the molecule is CC(C)CCC[C@@H](C)[C@H]1CC[C@H]2C(=O)C[C@H](CC/C=C/CC[C@H]3CC(=O)[C@@H]4CC[C@H]([C@H](C)CCCC(C)C)[C@@]4(C)C3)C[C@]12C. The quantitative estimate of drug-likeness (QED) is 0.163. The van der Waals surface area contributed by atoms with E-state index in [-0.39, 0.29) is 10.8 Å². The predicted molar refractivity (Wildman–Crippen MR) is 187 cm³/mol. The molecule has 44 heavy (non-hydrogen) atoms. The molecule has 0 N–H and O–H groups in total. The lowest BCUT2D eigenvalue weighted by Crippen LogP contribution is -2.42. The fourth-order valence-corrected chi connectivity index (χ4v) is 11.7. The summed E-state index contributed by atoms with van der Waals surface area (Å²) in [6, 6.07) is 0. The number of fused-ring (bicyclic) bond motifs is 2. The minimum Gasteiger partial charge on any atom is -0.299 e. The Morgan fingerprint density at radius 1 is 0.614 bits per heavy atom. The number of rotatable bonds is 16. The minimum atomic E-state index is 0.229. The van der Waals surface area contributed by atoms with Crippen molar-refractivity contribution in [3.63, 3.8) is 0 Å². The molecular formula is C42H72O2. The fourth-order valence-electron chi connectivity index (χ4n) is 11.7. The standard InChI is InChI=1S/C42H72O2/c1-29(2)15-13-17-31(5)35-21-23-37-39(43)25-33(27-41(35,37)7)19-11-9-10-12-20-34-26-40(44)38-24-22-36(42(38,8)28-34)32(6)18-14-16-30(3)4/h9-10,29-38H,11-28H2,1-8H3/b10-9+/t31-,32-,33+,34+,35-,36-,37+,38+,41-,42-/m1/s1. The van der Waals surface area contributed by atoms with Crippen LogP contribution in [0, 0.1) is 70.0 Å². The number of hydrogen-bond acceptors (Lipinski definition) is 2. The number of hydrogen-bond donors (Lipinski definition) is 0. The van der Waals surface area contributed by atoms with E-state index in [0.29, 0.717) is 35.2 Å². The molecule has 2 heteroatoms. The molecule has 0 amide bonds. The first-order chi connectivity index (χ1) is 20.8. The number of carbonyl (C=O) groups excluding carboxylic acids is 2. The second kappa shape index (κ2) is 15.8. The van der Waals surface area contributed by atoms with E-state index < -0.39 is 0 Å². The van der Waals surface area contributed by atoms with E-state index in [1.54, 1.807) is 0 Å². The van der Waals surface area contributed by atoms with Crippen LogP contribution in [-0.2, 0) is 9.59 Å². The summed E-state index contributed by atoms with van der Waals surface area (Å²) >= 11 is 0. The molecule has 0 radical (unpaired) electrons. The zero-order valence-electron chi connectivity index (χ0n) is 30.5. The molecular weight excluding hydrogens is 536 g/mol. The highest BCUT2D eigenvalue weighted by Gasteiger charge is 2.55. The van der Waals surface area contributed by atoms with Gasteiger partial charge in [0.25, 0.3) is 0 Å². The van der Waals surface area contributed by atoms with Crippen molar-refractivity contribution in [3.8, 4) is 0 Å². The Kier molecular flexibility index (Phi) is 12.9. The molecule has 10 atom stereocenters. The van der Waals surface area contributed by atoms with Crippen LogP contribution in [0.1, 0.15) is 171 Å². The Hall–Kier alpha value is -0.920. The Morgan fingerprint density at radius 2 is 1.00 bits per heavy atom. The Bertz CT molecular complexity index is 885. The summed E-state index contributed by atoms with van der Waals surface area (Å²) in [6.07, 6.45) is 26.3. The Morgan fingerprint density at radius 3 is 1.36 bits per heavy atom. The number of allylic oxidation sites excluding steroid dienone is 2. The van der Waals surface area contributed by atoms with Gasteiger partial charge in [0.15, 0.2) is 0 Å². The minimum absolute atomic E-state index is 0.229. The van der Waals surface area contributed by atoms with E-state index in [2.05, 4.69) is 67.5 Å². The number of ketones is 2. The van der Waals surface area contributed by atoms with Crippen LogP contribution in [0.2, 0.25) is 0 Å². The number of carbonyl (C=O) groups is 2. The molecule has 0 aromatic heterocycles. The summed E-state index contributed by atoms with van der Waals surface area (Å²) in [5.41, 5.74) is 0.457. The van der Waals surface area contributed by atoms with E-state index in [4.69, 9.17) is 0 Å². The second-order valence-electron chi connectivity index (χ2n) is 18.2. The first-order valence-electron chi connectivity index (χ1n) is 19.6. The third-order valence-corrected chi connectivity index (χ3v) is 13.9. The van der Waals surface area contributed by atoms with Crippen LogP contribution in [0.3, 0.4) is 0 Å². The molecule has 0 aromatic rings. The van der Waals surface area contributed by atoms with Crippen LogP contribution in [0.15, 0.2) is 12.2 Å². The molecule has 4 rings (SSSR count). The van der Waals surface area contributed by atoms with Gasteiger partial charge in [0.05, 0.1) is 0 Å². The third kappa shape index (κ3) is 8.51. The summed E-state index contributed by atoms with van der Waals surface area (Å²) in [4.78, 5) is 26.6. The third-order valence-electron chi connectivity index (χ3n) is 13.9. The largest absolute Gasteiger partial charge is 0.299 e. The first kappa shape index (κ1) is 35.9. The molecule has 4 fully saturated rings. The molecule has 4 aliphatic carbocycles. The summed E-state index contributed by atoms with van der Waals surface area (Å²) in [5.74, 6) is 7.46. The van der Waals surface area contributed by atoms with Crippen LogP contribution in [0.5, 0.6) is 0 Å². The van der Waals surface area contributed by atoms with E-state index >= 15 is 0 Å². The maximum Gasteiger partial charge on any atom is 0.136 e. The molecule has 0 saturated heterocycles. The van der Waals surface area contributed by atoms with Crippen molar-refractivity contribution in [3.05, 3.63) is 12.2 Å². The first-order valence-corrected chi connectivity index (χ1v) is 19.6. The van der Waals surface area contributed by atoms with Gasteiger partial charge >= 0.3 is 0 Å². The average Bonchev–Trinajstić information content (AvgIpc) is 3.47. The maximum absolute atomic E-state index is 13.3. The van der Waals surface area contributed by atoms with Crippen LogP contribution in [0.4, 0.5) is 0 Å². The summed E-state index contributed by atoms with van der Waals surface area (Å²) in [6.45, 7) is 19.3. The van der Waals surface area contributed by atoms with Crippen LogP contribution < -0.4 is 0 Å². The Labute approximate surface area is 273 Å². The Balaban J connectivity index is 1.22. The van der Waals surface area contributed by atoms with Crippen molar-refractivity contribution < 1.29 is 9.59 Å². The average molecular weight is 609 g/mol. The summed E-state index contributed by atoms with van der Waals surface area (Å²) in [7, 11) is 0.